The van der Waals surface area contributed by atoms with E-state index in [1.165, 1.54) is 0 Å². The molecule has 0 aromatic heterocycles. The van der Waals surface area contributed by atoms with Crippen molar-refractivity contribution in [2.24, 2.45) is 0 Å². The third-order valence-corrected chi connectivity index (χ3v) is 4.17. The second kappa shape index (κ2) is 6.48. The summed E-state index contributed by atoms with van der Waals surface area (Å²) >= 11 is 11.7. The summed E-state index contributed by atoms with van der Waals surface area (Å²) in [5.41, 5.74) is 7.06. The number of benzene rings is 2. The summed E-state index contributed by atoms with van der Waals surface area (Å²) in [4.78, 5) is 24.1. The molecule has 23 heavy (non-hydrogen) atoms. The van der Waals surface area contributed by atoms with Crippen LogP contribution in [0.1, 0.15) is 15.9 Å². The lowest BCUT2D eigenvalue weighted by Crippen LogP contribution is -2.43. The Balaban J connectivity index is 1.65. The second-order valence-corrected chi connectivity index (χ2v) is 5.81. The van der Waals surface area contributed by atoms with Crippen molar-refractivity contribution in [1.29, 1.82) is 0 Å². The fraction of sp³-hybridized carbons (Fsp3) is 0.125. The zero-order valence-corrected chi connectivity index (χ0v) is 13.3. The Bertz CT molecular complexity index is 780. The molecular formula is C16H12Cl2N2O3. The Morgan fingerprint density at radius 2 is 1.91 bits per heavy atom. The lowest BCUT2D eigenvalue weighted by Gasteiger charge is -2.24. The number of halogens is 2. The van der Waals surface area contributed by atoms with Gasteiger partial charge in [-0.05, 0) is 29.8 Å². The number of esters is 1. The van der Waals surface area contributed by atoms with E-state index in [2.05, 4.69) is 10.9 Å². The van der Waals surface area contributed by atoms with E-state index in [0.717, 1.165) is 5.56 Å². The number of carbonyl (C=O) groups is 2. The topological polar surface area (TPSA) is 67.4 Å². The number of hydrogen-bond acceptors (Lipinski definition) is 4. The Kier molecular flexibility index (Phi) is 4.41. The molecule has 0 bridgehead atoms. The summed E-state index contributed by atoms with van der Waals surface area (Å²) in [5.74, 6) is -0.944. The van der Waals surface area contributed by atoms with Crippen molar-refractivity contribution in [3.8, 4) is 0 Å². The number of nitrogens with one attached hydrogen (secondary N) is 2. The number of anilines is 1. The summed E-state index contributed by atoms with van der Waals surface area (Å²) in [6.07, 6.45) is -0.552. The molecule has 0 radical (unpaired) electrons. The molecule has 0 saturated heterocycles. The van der Waals surface area contributed by atoms with Crippen molar-refractivity contribution in [1.82, 2.24) is 5.43 Å². The molecule has 0 saturated carbocycles. The van der Waals surface area contributed by atoms with Gasteiger partial charge < -0.3 is 4.74 Å². The lowest BCUT2D eigenvalue weighted by molar-refractivity contribution is -0.129. The molecule has 1 atom stereocenters. The Labute approximate surface area is 142 Å². The summed E-state index contributed by atoms with van der Waals surface area (Å²) in [5, 5.41) is 0.783. The number of cyclic esters (lactones) is 1. The highest BCUT2D eigenvalue weighted by molar-refractivity contribution is 6.42. The van der Waals surface area contributed by atoms with Gasteiger partial charge in [-0.15, -0.1) is 0 Å². The molecule has 2 aromatic carbocycles. The van der Waals surface area contributed by atoms with Crippen molar-refractivity contribution in [2.75, 3.05) is 5.43 Å². The Morgan fingerprint density at radius 1 is 1.13 bits per heavy atom. The highest BCUT2D eigenvalue weighted by atomic mass is 35.5. The van der Waals surface area contributed by atoms with Crippen LogP contribution in [-0.2, 0) is 16.0 Å². The fourth-order valence-corrected chi connectivity index (χ4v) is 2.56. The van der Waals surface area contributed by atoms with Gasteiger partial charge in [-0.25, -0.2) is 4.79 Å². The van der Waals surface area contributed by atoms with Gasteiger partial charge in [0.25, 0.3) is 5.91 Å². The van der Waals surface area contributed by atoms with Gasteiger partial charge in [-0.2, -0.15) is 0 Å². The van der Waals surface area contributed by atoms with E-state index in [0.29, 0.717) is 27.7 Å². The first-order valence-electron chi connectivity index (χ1n) is 6.84. The minimum absolute atomic E-state index is 0.330. The van der Waals surface area contributed by atoms with Crippen LogP contribution in [0.15, 0.2) is 42.5 Å². The Hall–Kier alpha value is -2.24. The van der Waals surface area contributed by atoms with Gasteiger partial charge in [-0.3, -0.25) is 15.6 Å². The van der Waals surface area contributed by atoms with Gasteiger partial charge in [-0.1, -0.05) is 41.4 Å². The van der Waals surface area contributed by atoms with Crippen molar-refractivity contribution in [2.45, 2.75) is 12.5 Å². The van der Waals surface area contributed by atoms with Crippen LogP contribution in [0.2, 0.25) is 10.0 Å². The molecule has 2 aromatic rings. The minimum Gasteiger partial charge on any atom is -0.448 e. The van der Waals surface area contributed by atoms with Crippen LogP contribution in [0.3, 0.4) is 0 Å². The van der Waals surface area contributed by atoms with Crippen molar-refractivity contribution < 1.29 is 14.3 Å². The van der Waals surface area contributed by atoms with Crippen LogP contribution in [-0.4, -0.2) is 18.0 Å². The van der Waals surface area contributed by atoms with Crippen molar-refractivity contribution >= 4 is 40.8 Å². The first-order chi connectivity index (χ1) is 11.0. The van der Waals surface area contributed by atoms with E-state index in [-0.39, 0.29) is 0 Å². The molecule has 118 valence electrons. The van der Waals surface area contributed by atoms with Crippen molar-refractivity contribution in [3.05, 3.63) is 63.6 Å². The number of hydrogen-bond donors (Lipinski definition) is 2. The molecule has 5 nitrogen and oxygen atoms in total. The normalized spacial score (nSPS) is 16.3. The zero-order chi connectivity index (χ0) is 16.4. The Morgan fingerprint density at radius 3 is 2.70 bits per heavy atom. The van der Waals surface area contributed by atoms with E-state index < -0.39 is 18.0 Å². The highest BCUT2D eigenvalue weighted by Gasteiger charge is 2.30. The summed E-state index contributed by atoms with van der Waals surface area (Å²) in [6.45, 7) is 0. The number of ether oxygens (including phenoxy) is 1. The lowest BCUT2D eigenvalue weighted by atomic mass is 9.98. The van der Waals surface area contributed by atoms with Gasteiger partial charge in [0.15, 0.2) is 6.10 Å². The molecule has 7 heteroatoms. The largest absolute Gasteiger partial charge is 0.448 e. The number of hydrazine groups is 1. The molecule has 2 N–H and O–H groups in total. The first kappa shape index (κ1) is 15.6. The van der Waals surface area contributed by atoms with Crippen molar-refractivity contribution in [3.63, 3.8) is 0 Å². The number of carbonyl (C=O) groups excluding carboxylic acids is 2. The predicted octanol–water partition coefficient (Wildman–Crippen LogP) is 3.22. The fourth-order valence-electron chi connectivity index (χ4n) is 2.27. The minimum atomic E-state index is -0.882. The summed E-state index contributed by atoms with van der Waals surface area (Å²) < 4.78 is 5.17. The average molecular weight is 351 g/mol. The maximum atomic E-state index is 12.2. The zero-order valence-electron chi connectivity index (χ0n) is 11.8. The third-order valence-electron chi connectivity index (χ3n) is 3.43. The van der Waals surface area contributed by atoms with Crippen LogP contribution >= 0.6 is 23.2 Å². The van der Waals surface area contributed by atoms with Crippen LogP contribution < -0.4 is 10.9 Å². The van der Waals surface area contributed by atoms with Crippen LogP contribution in [0.4, 0.5) is 5.69 Å². The SMILES string of the molecule is O=C1O[C@@H](C(=O)NNc2ccc(Cl)c(Cl)c2)Cc2ccccc21. The monoisotopic (exact) mass is 350 g/mol. The molecule has 0 unspecified atom stereocenters. The molecule has 1 aliphatic rings. The molecule has 0 fully saturated rings. The van der Waals surface area contributed by atoms with Crippen LogP contribution in [0, 0.1) is 0 Å². The third kappa shape index (κ3) is 3.41. The summed E-state index contributed by atoms with van der Waals surface area (Å²) in [6, 6.07) is 11.9. The van der Waals surface area contributed by atoms with Gasteiger partial charge in [0.2, 0.25) is 0 Å². The van der Waals surface area contributed by atoms with E-state index in [1.807, 2.05) is 12.1 Å². The maximum Gasteiger partial charge on any atom is 0.339 e. The first-order valence-corrected chi connectivity index (χ1v) is 7.60. The average Bonchev–Trinajstić information content (AvgIpc) is 2.55. The van der Waals surface area contributed by atoms with E-state index in [4.69, 9.17) is 27.9 Å². The standard InChI is InChI=1S/C16H12Cl2N2O3/c17-12-6-5-10(8-13(12)18)19-20-15(21)14-7-9-3-1-2-4-11(9)16(22)23-14/h1-6,8,14,19H,7H2,(H,20,21)/t14-/m1/s1. The van der Waals surface area contributed by atoms with Gasteiger partial charge >= 0.3 is 5.97 Å². The van der Waals surface area contributed by atoms with E-state index >= 15 is 0 Å². The number of rotatable bonds is 3. The molecule has 0 spiro atoms. The summed E-state index contributed by atoms with van der Waals surface area (Å²) in [7, 11) is 0. The van der Waals surface area contributed by atoms with E-state index in [9.17, 15) is 9.59 Å². The molecule has 3 rings (SSSR count). The molecule has 1 aliphatic heterocycles. The van der Waals surface area contributed by atoms with Crippen LogP contribution in [0.5, 0.6) is 0 Å². The molecule has 0 aliphatic carbocycles. The molecule has 1 heterocycles. The number of fused-ring (bicyclic) bond motifs is 1. The predicted molar refractivity (Wildman–Crippen MR) is 87.6 cm³/mol. The highest BCUT2D eigenvalue weighted by Crippen LogP contribution is 2.25. The molecular weight excluding hydrogens is 339 g/mol. The molecule has 1 amide bonds. The van der Waals surface area contributed by atoms with Gasteiger partial charge in [0.05, 0.1) is 21.3 Å². The van der Waals surface area contributed by atoms with Gasteiger partial charge in [0, 0.05) is 6.42 Å². The second-order valence-electron chi connectivity index (χ2n) is 5.00. The van der Waals surface area contributed by atoms with Gasteiger partial charge in [0.1, 0.15) is 0 Å². The quantitative estimate of drug-likeness (QED) is 0.658. The van der Waals surface area contributed by atoms with Crippen LogP contribution in [0.25, 0.3) is 0 Å². The smallest absolute Gasteiger partial charge is 0.339 e. The number of amides is 1. The van der Waals surface area contributed by atoms with E-state index in [1.54, 1.807) is 30.3 Å². The maximum absolute atomic E-state index is 12.2.